The van der Waals surface area contributed by atoms with Gasteiger partial charge in [0.1, 0.15) is 10.6 Å². The van der Waals surface area contributed by atoms with Crippen molar-refractivity contribution >= 4 is 10.0 Å². The van der Waals surface area contributed by atoms with Gasteiger partial charge in [0.15, 0.2) is 5.76 Å². The van der Waals surface area contributed by atoms with E-state index in [1.54, 1.807) is 13.8 Å². The van der Waals surface area contributed by atoms with E-state index in [1.165, 1.54) is 0 Å². The van der Waals surface area contributed by atoms with E-state index in [-0.39, 0.29) is 10.9 Å². The number of nitrogens with zero attached hydrogens (tertiary/aromatic N) is 1. The summed E-state index contributed by atoms with van der Waals surface area (Å²) in [4.78, 5) is 0.161. The van der Waals surface area contributed by atoms with Crippen LogP contribution < -0.4 is 10.0 Å². The third-order valence-electron chi connectivity index (χ3n) is 2.34. The Hall–Kier alpha value is -0.920. The van der Waals surface area contributed by atoms with Crippen molar-refractivity contribution in [2.45, 2.75) is 24.8 Å². The van der Waals surface area contributed by atoms with E-state index in [0.29, 0.717) is 24.5 Å². The van der Waals surface area contributed by atoms with Crippen LogP contribution in [0.15, 0.2) is 9.42 Å². The second-order valence-corrected chi connectivity index (χ2v) is 5.28. The fraction of sp³-hybridized carbons (Fsp3) is 0.625. The predicted molar refractivity (Wildman–Crippen MR) is 53.0 cm³/mol. The summed E-state index contributed by atoms with van der Waals surface area (Å²) in [7, 11) is -3.48. The van der Waals surface area contributed by atoms with Crippen LogP contribution in [0.4, 0.5) is 0 Å². The molecule has 2 N–H and O–H groups in total. The zero-order chi connectivity index (χ0) is 11.1. The number of rotatable bonds is 3. The molecular weight excluding hydrogens is 218 g/mol. The van der Waals surface area contributed by atoms with Gasteiger partial charge in [-0.15, -0.1) is 0 Å². The topological polar surface area (TPSA) is 84.2 Å². The molecule has 0 bridgehead atoms. The average Bonchev–Trinajstić information content (AvgIpc) is 2.40. The van der Waals surface area contributed by atoms with Crippen LogP contribution in [0.1, 0.15) is 11.5 Å². The highest BCUT2D eigenvalue weighted by molar-refractivity contribution is 7.89. The van der Waals surface area contributed by atoms with Crippen molar-refractivity contribution in [1.29, 1.82) is 0 Å². The summed E-state index contributed by atoms with van der Waals surface area (Å²) in [6.07, 6.45) is 0. The molecule has 0 unspecified atom stereocenters. The molecule has 0 saturated carbocycles. The third kappa shape index (κ3) is 1.90. The molecule has 0 spiro atoms. The van der Waals surface area contributed by atoms with Crippen LogP contribution >= 0.6 is 0 Å². The summed E-state index contributed by atoms with van der Waals surface area (Å²) in [5, 5.41) is 6.62. The SMILES string of the molecule is Cc1noc(C)c1S(=O)(=O)NC1CNC1. The Kier molecular flexibility index (Phi) is 2.53. The Balaban J connectivity index is 2.28. The Labute approximate surface area is 88.1 Å². The fourth-order valence-electron chi connectivity index (χ4n) is 1.51. The fourth-order valence-corrected chi connectivity index (χ4v) is 3.07. The smallest absolute Gasteiger partial charge is 0.246 e. The van der Waals surface area contributed by atoms with Gasteiger partial charge in [-0.25, -0.2) is 13.1 Å². The number of aromatic nitrogens is 1. The molecule has 1 saturated heterocycles. The van der Waals surface area contributed by atoms with Gasteiger partial charge in [0, 0.05) is 19.1 Å². The molecule has 6 nitrogen and oxygen atoms in total. The molecule has 0 radical (unpaired) electrons. The van der Waals surface area contributed by atoms with Crippen LogP contribution in [0, 0.1) is 13.8 Å². The van der Waals surface area contributed by atoms with Crippen LogP contribution in [0.5, 0.6) is 0 Å². The van der Waals surface area contributed by atoms with Crippen LogP contribution in [-0.2, 0) is 10.0 Å². The highest BCUT2D eigenvalue weighted by atomic mass is 32.2. The Morgan fingerprint density at radius 3 is 2.53 bits per heavy atom. The van der Waals surface area contributed by atoms with Crippen molar-refractivity contribution in [3.63, 3.8) is 0 Å². The molecule has 0 amide bonds. The van der Waals surface area contributed by atoms with Crippen LogP contribution in [-0.4, -0.2) is 32.7 Å². The van der Waals surface area contributed by atoms with E-state index in [0.717, 1.165) is 0 Å². The maximum atomic E-state index is 11.9. The molecule has 1 aromatic heterocycles. The first-order valence-electron chi connectivity index (χ1n) is 4.66. The largest absolute Gasteiger partial charge is 0.360 e. The highest BCUT2D eigenvalue weighted by Crippen LogP contribution is 2.19. The molecule has 1 aromatic rings. The Morgan fingerprint density at radius 1 is 1.47 bits per heavy atom. The van der Waals surface area contributed by atoms with Crippen molar-refractivity contribution in [2.24, 2.45) is 0 Å². The summed E-state index contributed by atoms with van der Waals surface area (Å²) in [6.45, 7) is 4.54. The first kappa shape index (κ1) is 10.6. The third-order valence-corrected chi connectivity index (χ3v) is 4.10. The molecule has 0 aromatic carbocycles. The molecule has 1 fully saturated rings. The maximum Gasteiger partial charge on any atom is 0.246 e. The minimum atomic E-state index is -3.48. The van der Waals surface area contributed by atoms with Gasteiger partial charge in [-0.05, 0) is 13.8 Å². The molecule has 84 valence electrons. The Bertz CT molecular complexity index is 442. The Morgan fingerprint density at radius 2 is 2.13 bits per heavy atom. The number of hydrogen-bond acceptors (Lipinski definition) is 5. The number of hydrogen-bond donors (Lipinski definition) is 2. The van der Waals surface area contributed by atoms with Crippen molar-refractivity contribution < 1.29 is 12.9 Å². The first-order chi connectivity index (χ1) is 7.00. The molecule has 15 heavy (non-hydrogen) atoms. The van der Waals surface area contributed by atoms with Gasteiger partial charge >= 0.3 is 0 Å². The van der Waals surface area contributed by atoms with Gasteiger partial charge in [-0.3, -0.25) is 0 Å². The number of nitrogens with one attached hydrogen (secondary N) is 2. The second kappa shape index (κ2) is 3.58. The van der Waals surface area contributed by atoms with Crippen molar-refractivity contribution in [3.05, 3.63) is 11.5 Å². The normalized spacial score (nSPS) is 17.7. The van der Waals surface area contributed by atoms with Gasteiger partial charge in [-0.2, -0.15) is 0 Å². The molecule has 2 heterocycles. The average molecular weight is 231 g/mol. The van der Waals surface area contributed by atoms with E-state index >= 15 is 0 Å². The molecular formula is C8H13N3O3S. The summed E-state index contributed by atoms with van der Waals surface area (Å²) in [5.74, 6) is 0.326. The molecule has 0 aliphatic carbocycles. The lowest BCUT2D eigenvalue weighted by atomic mass is 10.2. The summed E-state index contributed by atoms with van der Waals surface area (Å²) < 4.78 is 31.2. The lowest BCUT2D eigenvalue weighted by Crippen LogP contribution is -2.56. The molecule has 7 heteroatoms. The van der Waals surface area contributed by atoms with Crippen LogP contribution in [0.2, 0.25) is 0 Å². The van der Waals surface area contributed by atoms with Gasteiger partial charge in [0.25, 0.3) is 0 Å². The first-order valence-corrected chi connectivity index (χ1v) is 6.15. The lowest BCUT2D eigenvalue weighted by molar-refractivity contribution is 0.389. The van der Waals surface area contributed by atoms with Crippen molar-refractivity contribution in [2.75, 3.05) is 13.1 Å². The van der Waals surface area contributed by atoms with Crippen molar-refractivity contribution in [3.8, 4) is 0 Å². The molecule has 0 atom stereocenters. The van der Waals surface area contributed by atoms with Crippen molar-refractivity contribution in [1.82, 2.24) is 15.2 Å². The van der Waals surface area contributed by atoms with Gasteiger partial charge in [0.2, 0.25) is 10.0 Å². The van der Waals surface area contributed by atoms with E-state index in [4.69, 9.17) is 4.52 Å². The zero-order valence-electron chi connectivity index (χ0n) is 8.57. The molecule has 2 rings (SSSR count). The standard InChI is InChI=1S/C8H13N3O3S/c1-5-8(6(2)14-10-5)15(12,13)11-7-3-9-4-7/h7,9,11H,3-4H2,1-2H3. The minimum Gasteiger partial charge on any atom is -0.360 e. The van der Waals surface area contributed by atoms with E-state index in [1.807, 2.05) is 0 Å². The van der Waals surface area contributed by atoms with E-state index in [2.05, 4.69) is 15.2 Å². The monoisotopic (exact) mass is 231 g/mol. The minimum absolute atomic E-state index is 0.0244. The summed E-state index contributed by atoms with van der Waals surface area (Å²) in [6, 6.07) is -0.0244. The predicted octanol–water partition coefficient (Wildman–Crippen LogP) is -0.458. The second-order valence-electron chi connectivity index (χ2n) is 3.63. The summed E-state index contributed by atoms with van der Waals surface area (Å²) >= 11 is 0. The zero-order valence-corrected chi connectivity index (χ0v) is 9.39. The van der Waals surface area contributed by atoms with E-state index < -0.39 is 10.0 Å². The van der Waals surface area contributed by atoms with Gasteiger partial charge in [0.05, 0.1) is 0 Å². The van der Waals surface area contributed by atoms with E-state index in [9.17, 15) is 8.42 Å². The quantitative estimate of drug-likeness (QED) is 0.735. The van der Waals surface area contributed by atoms with Gasteiger partial charge < -0.3 is 9.84 Å². The lowest BCUT2D eigenvalue weighted by Gasteiger charge is -2.27. The summed E-state index contributed by atoms with van der Waals surface area (Å²) in [5.41, 5.74) is 0.396. The number of aryl methyl sites for hydroxylation is 2. The molecule has 1 aliphatic rings. The van der Waals surface area contributed by atoms with Crippen LogP contribution in [0.3, 0.4) is 0 Å². The molecule has 1 aliphatic heterocycles. The highest BCUT2D eigenvalue weighted by Gasteiger charge is 2.29. The van der Waals surface area contributed by atoms with Crippen LogP contribution in [0.25, 0.3) is 0 Å². The number of sulfonamides is 1. The maximum absolute atomic E-state index is 11.9. The van der Waals surface area contributed by atoms with Gasteiger partial charge in [-0.1, -0.05) is 5.16 Å².